The normalized spacial score (nSPS) is 42.8. The highest BCUT2D eigenvalue weighted by atomic mass is 16.6. The minimum absolute atomic E-state index is 0.0250. The molecular weight excluding hydrogens is 328 g/mol. The number of ether oxygens (including phenoxy) is 1. The largest absolute Gasteiger partial charge is 0.368 e. The first-order valence-electron chi connectivity index (χ1n) is 9.75. The maximum atomic E-state index is 12.8. The lowest BCUT2D eigenvalue weighted by molar-refractivity contribution is -0.156. The molecule has 2 bridgehead atoms. The van der Waals surface area contributed by atoms with E-state index in [9.17, 15) is 9.90 Å². The molecule has 6 rings (SSSR count). The number of rotatable bonds is 0. The number of hydrogen-bond donors (Lipinski definition) is 1. The number of anilines is 1. The zero-order valence-electron chi connectivity index (χ0n) is 15.0. The number of piperidine rings is 1. The van der Waals surface area contributed by atoms with Crippen molar-refractivity contribution in [2.24, 2.45) is 11.8 Å². The molecule has 0 aromatic heterocycles. The lowest BCUT2D eigenvalue weighted by Gasteiger charge is -2.56. The fourth-order valence-electron chi connectivity index (χ4n) is 6.99. The number of para-hydroxylation sites is 1. The minimum atomic E-state index is -0.820. The average Bonchev–Trinajstić information content (AvgIpc) is 3.10. The summed E-state index contributed by atoms with van der Waals surface area (Å²) in [7, 11) is 0. The maximum Gasteiger partial charge on any atom is 0.224 e. The number of benzene rings is 1. The maximum absolute atomic E-state index is 12.8. The van der Waals surface area contributed by atoms with Gasteiger partial charge in [0.15, 0.2) is 6.29 Å². The van der Waals surface area contributed by atoms with Gasteiger partial charge in [-0.2, -0.15) is 0 Å². The van der Waals surface area contributed by atoms with Crippen molar-refractivity contribution in [1.82, 2.24) is 4.90 Å². The van der Waals surface area contributed by atoms with Gasteiger partial charge in [-0.15, -0.1) is 0 Å². The smallest absolute Gasteiger partial charge is 0.224 e. The molecule has 136 valence electrons. The van der Waals surface area contributed by atoms with Gasteiger partial charge in [0.25, 0.3) is 0 Å². The SMILES string of the molecule is CC(=O)N1c2ccccc2[C@]23CCN4CC5=CCO[C@H](O)[C@@H]([C@H]5C[C@H]42)[C@@H]13. The van der Waals surface area contributed by atoms with Crippen LogP contribution >= 0.6 is 0 Å². The molecule has 0 unspecified atom stereocenters. The number of fused-ring (bicyclic) bond motifs is 2. The highest BCUT2D eigenvalue weighted by Crippen LogP contribution is 2.64. The van der Waals surface area contributed by atoms with Crippen molar-refractivity contribution in [1.29, 1.82) is 0 Å². The number of nitrogens with zero attached hydrogens (tertiary/aromatic N) is 2. The van der Waals surface area contributed by atoms with Gasteiger partial charge < -0.3 is 14.7 Å². The Morgan fingerprint density at radius 3 is 3.04 bits per heavy atom. The van der Waals surface area contributed by atoms with E-state index in [2.05, 4.69) is 29.2 Å². The first-order valence-corrected chi connectivity index (χ1v) is 9.75. The van der Waals surface area contributed by atoms with Crippen LogP contribution in [0.5, 0.6) is 0 Å². The molecule has 5 aliphatic rings. The second kappa shape index (κ2) is 4.97. The monoisotopic (exact) mass is 352 g/mol. The summed E-state index contributed by atoms with van der Waals surface area (Å²) in [4.78, 5) is 17.4. The van der Waals surface area contributed by atoms with Crippen LogP contribution in [0.25, 0.3) is 0 Å². The van der Waals surface area contributed by atoms with Crippen LogP contribution in [0.4, 0.5) is 5.69 Å². The van der Waals surface area contributed by atoms with E-state index >= 15 is 0 Å². The Hall–Kier alpha value is -1.69. The molecule has 2 saturated heterocycles. The van der Waals surface area contributed by atoms with Crippen molar-refractivity contribution >= 4 is 11.6 Å². The number of carbonyl (C=O) groups is 1. The fourth-order valence-corrected chi connectivity index (χ4v) is 6.99. The summed E-state index contributed by atoms with van der Waals surface area (Å²) in [6.45, 7) is 4.18. The summed E-state index contributed by atoms with van der Waals surface area (Å²) in [6.07, 6.45) is 3.47. The van der Waals surface area contributed by atoms with Gasteiger partial charge in [-0.1, -0.05) is 29.8 Å². The summed E-state index contributed by atoms with van der Waals surface area (Å²) in [5.41, 5.74) is 3.66. The van der Waals surface area contributed by atoms with E-state index in [4.69, 9.17) is 4.74 Å². The summed E-state index contributed by atoms with van der Waals surface area (Å²) < 4.78 is 5.78. The van der Waals surface area contributed by atoms with Gasteiger partial charge in [-0.05, 0) is 36.9 Å². The van der Waals surface area contributed by atoms with Crippen LogP contribution in [0.2, 0.25) is 0 Å². The van der Waals surface area contributed by atoms with Crippen LogP contribution < -0.4 is 4.90 Å². The van der Waals surface area contributed by atoms with E-state index in [1.54, 1.807) is 6.92 Å². The number of carbonyl (C=O) groups excluding carboxylic acids is 1. The fraction of sp³-hybridized carbons (Fsp3) is 0.571. The number of amides is 1. The zero-order valence-corrected chi connectivity index (χ0v) is 15.0. The molecule has 1 saturated carbocycles. The quantitative estimate of drug-likeness (QED) is 0.722. The van der Waals surface area contributed by atoms with Gasteiger partial charge >= 0.3 is 0 Å². The molecule has 4 heterocycles. The van der Waals surface area contributed by atoms with Crippen molar-refractivity contribution < 1.29 is 14.6 Å². The molecule has 6 atom stereocenters. The van der Waals surface area contributed by atoms with Crippen molar-refractivity contribution in [3.8, 4) is 0 Å². The van der Waals surface area contributed by atoms with Crippen LogP contribution in [0.3, 0.4) is 0 Å². The predicted molar refractivity (Wildman–Crippen MR) is 96.7 cm³/mol. The lowest BCUT2D eigenvalue weighted by atomic mass is 9.55. The van der Waals surface area contributed by atoms with Gasteiger partial charge in [0, 0.05) is 36.5 Å². The van der Waals surface area contributed by atoms with Gasteiger partial charge in [-0.3, -0.25) is 9.69 Å². The van der Waals surface area contributed by atoms with E-state index < -0.39 is 6.29 Å². The van der Waals surface area contributed by atoms with E-state index in [0.717, 1.165) is 31.6 Å². The Morgan fingerprint density at radius 1 is 1.35 bits per heavy atom. The predicted octanol–water partition coefficient (Wildman–Crippen LogP) is 1.66. The molecule has 0 radical (unpaired) electrons. The molecule has 1 spiro atoms. The Bertz CT molecular complexity index is 836. The van der Waals surface area contributed by atoms with E-state index in [-0.39, 0.29) is 23.3 Å². The molecule has 26 heavy (non-hydrogen) atoms. The number of aliphatic hydroxyl groups is 1. The van der Waals surface area contributed by atoms with Gasteiger partial charge in [-0.25, -0.2) is 0 Å². The van der Waals surface area contributed by atoms with E-state index in [1.807, 2.05) is 11.0 Å². The Kier molecular flexibility index (Phi) is 2.94. The van der Waals surface area contributed by atoms with Gasteiger partial charge in [0.1, 0.15) is 0 Å². The van der Waals surface area contributed by atoms with Crippen LogP contribution in [0.15, 0.2) is 35.9 Å². The van der Waals surface area contributed by atoms with Gasteiger partial charge in [0.05, 0.1) is 12.6 Å². The second-order valence-corrected chi connectivity index (χ2v) is 8.55. The van der Waals surface area contributed by atoms with E-state index in [1.165, 1.54) is 11.1 Å². The molecule has 5 nitrogen and oxygen atoms in total. The van der Waals surface area contributed by atoms with Crippen molar-refractivity contribution in [3.05, 3.63) is 41.5 Å². The third-order valence-corrected chi connectivity index (χ3v) is 7.77. The average molecular weight is 352 g/mol. The minimum Gasteiger partial charge on any atom is -0.368 e. The molecule has 4 aliphatic heterocycles. The summed E-state index contributed by atoms with van der Waals surface area (Å²) >= 11 is 0. The van der Waals surface area contributed by atoms with Crippen molar-refractivity contribution in [3.63, 3.8) is 0 Å². The lowest BCUT2D eigenvalue weighted by Crippen LogP contribution is -2.66. The zero-order chi connectivity index (χ0) is 17.6. The standard InChI is InChI=1S/C21H24N2O3/c1-12(24)23-16-5-3-2-4-15(16)21-7-8-22-11-13-6-9-26-20(25)18(19(21)23)14(13)10-17(21)22/h2-6,14,17-20,25H,7-11H2,1H3/t14-,17-,18-,19+,20-,21+/m0/s1. The van der Waals surface area contributed by atoms with Crippen LogP contribution in [-0.4, -0.2) is 54.0 Å². The topological polar surface area (TPSA) is 53.0 Å². The summed E-state index contributed by atoms with van der Waals surface area (Å²) in [6, 6.07) is 8.83. The molecular formula is C21H24N2O3. The Labute approximate surface area is 153 Å². The van der Waals surface area contributed by atoms with Crippen LogP contribution in [0.1, 0.15) is 25.3 Å². The van der Waals surface area contributed by atoms with Crippen molar-refractivity contribution in [2.45, 2.75) is 43.6 Å². The molecule has 3 fully saturated rings. The Balaban J connectivity index is 1.64. The summed E-state index contributed by atoms with van der Waals surface area (Å²) in [5.74, 6) is 0.317. The Morgan fingerprint density at radius 2 is 2.19 bits per heavy atom. The molecule has 1 aromatic rings. The molecule has 1 aliphatic carbocycles. The summed E-state index contributed by atoms with van der Waals surface area (Å²) in [5, 5.41) is 11.0. The molecule has 5 heteroatoms. The third-order valence-electron chi connectivity index (χ3n) is 7.77. The molecule has 1 amide bonds. The number of aliphatic hydroxyl groups excluding tert-OH is 1. The van der Waals surface area contributed by atoms with Crippen LogP contribution in [-0.2, 0) is 14.9 Å². The van der Waals surface area contributed by atoms with Crippen LogP contribution in [0, 0.1) is 11.8 Å². The molecule has 1 N–H and O–H groups in total. The third kappa shape index (κ3) is 1.61. The highest BCUT2D eigenvalue weighted by Gasteiger charge is 2.69. The first kappa shape index (κ1) is 15.4. The highest BCUT2D eigenvalue weighted by molar-refractivity contribution is 5.96. The first-order chi connectivity index (χ1) is 12.6. The van der Waals surface area contributed by atoms with E-state index in [0.29, 0.717) is 18.6 Å². The molecule has 1 aromatic carbocycles. The second-order valence-electron chi connectivity index (χ2n) is 8.55. The van der Waals surface area contributed by atoms with Crippen molar-refractivity contribution in [2.75, 3.05) is 24.6 Å². The number of hydrogen-bond acceptors (Lipinski definition) is 4. The van der Waals surface area contributed by atoms with Gasteiger partial charge in [0.2, 0.25) is 5.91 Å².